The maximum absolute atomic E-state index is 14.8. The van der Waals surface area contributed by atoms with Gasteiger partial charge in [0.25, 0.3) is 0 Å². The van der Waals surface area contributed by atoms with Crippen LogP contribution in [-0.4, -0.2) is 78.8 Å². The number of piperidine rings is 1. The van der Waals surface area contributed by atoms with Crippen molar-refractivity contribution in [3.8, 4) is 11.3 Å². The minimum atomic E-state index is -0.449. The Morgan fingerprint density at radius 2 is 1.73 bits per heavy atom. The molecule has 2 saturated heterocycles. The predicted molar refractivity (Wildman–Crippen MR) is 176 cm³/mol. The molecule has 7 heteroatoms. The van der Waals surface area contributed by atoms with E-state index in [2.05, 4.69) is 45.6 Å². The molecule has 238 valence electrons. The molecule has 4 heterocycles. The van der Waals surface area contributed by atoms with Crippen LogP contribution in [0.2, 0.25) is 0 Å². The number of carbonyl (C=O) groups excluding carboxylic acids is 2. The SMILES string of the molecule is CCc1ccc2c(c1)C1CC1(C(=O)N1CCC(N3CCOCC3)CC1)Cn1c-2c(C2CCCCC2)c2ccc(C(=O)OC)cc21. The summed E-state index contributed by atoms with van der Waals surface area (Å²) in [6.07, 6.45) is 10.1. The van der Waals surface area contributed by atoms with Crippen LogP contribution in [0.5, 0.6) is 0 Å². The average molecular weight is 610 g/mol. The standard InChI is InChI=1S/C38H47N3O4/c1-3-25-9-11-29-31(21-25)32-23-38(32,37(43)40-15-13-28(14-16-40)39-17-19-45-20-18-39)24-41-33-22-27(36(42)44-2)10-12-30(33)34(35(29)41)26-7-5-4-6-8-26/h9-12,21-22,26,28,32H,3-8,13-20,23-24H2,1-2H3. The van der Waals surface area contributed by atoms with Gasteiger partial charge in [0.2, 0.25) is 5.91 Å². The number of aromatic nitrogens is 1. The first-order chi connectivity index (χ1) is 22.0. The summed E-state index contributed by atoms with van der Waals surface area (Å²) in [5, 5.41) is 1.24. The van der Waals surface area contributed by atoms with E-state index >= 15 is 0 Å². The van der Waals surface area contributed by atoms with Gasteiger partial charge in [-0.25, -0.2) is 4.79 Å². The van der Waals surface area contributed by atoms with Crippen LogP contribution in [0.25, 0.3) is 22.2 Å². The molecule has 2 aromatic carbocycles. The quantitative estimate of drug-likeness (QED) is 0.309. The minimum absolute atomic E-state index is 0.224. The van der Waals surface area contributed by atoms with Crippen molar-refractivity contribution in [2.45, 2.75) is 89.1 Å². The number of amides is 1. The highest BCUT2D eigenvalue weighted by Crippen LogP contribution is 2.66. The molecule has 0 radical (unpaired) electrons. The summed E-state index contributed by atoms with van der Waals surface area (Å²) in [5.41, 5.74) is 7.92. The van der Waals surface area contributed by atoms with Crippen LogP contribution >= 0.6 is 0 Å². The van der Waals surface area contributed by atoms with Crippen LogP contribution in [0.4, 0.5) is 0 Å². The van der Waals surface area contributed by atoms with Gasteiger partial charge in [0.05, 0.1) is 37.0 Å². The van der Waals surface area contributed by atoms with Crippen LogP contribution in [0.3, 0.4) is 0 Å². The molecule has 2 unspecified atom stereocenters. The smallest absolute Gasteiger partial charge is 0.337 e. The first-order valence-corrected chi connectivity index (χ1v) is 17.5. The second-order valence-electron chi connectivity index (χ2n) is 14.3. The van der Waals surface area contributed by atoms with Crippen molar-refractivity contribution < 1.29 is 19.1 Å². The summed E-state index contributed by atoms with van der Waals surface area (Å²) < 4.78 is 13.2. The Balaban J connectivity index is 1.23. The summed E-state index contributed by atoms with van der Waals surface area (Å²) in [6.45, 7) is 8.18. The maximum Gasteiger partial charge on any atom is 0.337 e. The zero-order chi connectivity index (χ0) is 30.7. The summed E-state index contributed by atoms with van der Waals surface area (Å²) in [6, 6.07) is 13.7. The van der Waals surface area contributed by atoms with Gasteiger partial charge in [-0.3, -0.25) is 9.69 Å². The molecule has 2 atom stereocenters. The number of nitrogens with zero attached hydrogens (tertiary/aromatic N) is 3. The second kappa shape index (κ2) is 11.6. The normalized spacial score (nSPS) is 25.7. The van der Waals surface area contributed by atoms with Gasteiger partial charge in [0, 0.05) is 61.1 Å². The lowest BCUT2D eigenvalue weighted by atomic mass is 9.81. The molecule has 7 nitrogen and oxygen atoms in total. The minimum Gasteiger partial charge on any atom is -0.465 e. The third kappa shape index (κ3) is 4.84. The zero-order valence-electron chi connectivity index (χ0n) is 27.0. The molecule has 4 fully saturated rings. The lowest BCUT2D eigenvalue weighted by Crippen LogP contribution is -2.51. The van der Waals surface area contributed by atoms with Crippen LogP contribution in [0.1, 0.15) is 97.2 Å². The van der Waals surface area contributed by atoms with Crippen LogP contribution in [0, 0.1) is 5.41 Å². The van der Waals surface area contributed by atoms with Gasteiger partial charge in [0.1, 0.15) is 0 Å². The Morgan fingerprint density at radius 1 is 0.956 bits per heavy atom. The van der Waals surface area contributed by atoms with Gasteiger partial charge in [0.15, 0.2) is 0 Å². The molecule has 0 N–H and O–H groups in total. The number of rotatable bonds is 5. The number of morpholine rings is 1. The van der Waals surface area contributed by atoms with Gasteiger partial charge >= 0.3 is 5.97 Å². The molecule has 45 heavy (non-hydrogen) atoms. The Hall–Kier alpha value is -3.16. The number of carbonyl (C=O) groups is 2. The van der Waals surface area contributed by atoms with Gasteiger partial charge in [-0.05, 0) is 73.3 Å². The lowest BCUT2D eigenvalue weighted by molar-refractivity contribution is -0.139. The Kier molecular flexibility index (Phi) is 7.52. The van der Waals surface area contributed by atoms with E-state index in [1.54, 1.807) is 0 Å². The molecule has 1 aromatic heterocycles. The van der Waals surface area contributed by atoms with Crippen molar-refractivity contribution in [2.24, 2.45) is 5.41 Å². The molecule has 0 spiro atoms. The summed E-state index contributed by atoms with van der Waals surface area (Å²) in [4.78, 5) is 32.3. The topological polar surface area (TPSA) is 64.0 Å². The highest BCUT2D eigenvalue weighted by molar-refractivity contribution is 6.00. The first kappa shape index (κ1) is 29.3. The summed E-state index contributed by atoms with van der Waals surface area (Å²) in [5.74, 6) is 0.729. The predicted octanol–water partition coefficient (Wildman–Crippen LogP) is 6.52. The Labute approximate surface area is 266 Å². The van der Waals surface area contributed by atoms with E-state index in [9.17, 15) is 9.59 Å². The molecule has 5 aliphatic rings. The number of hydrogen-bond donors (Lipinski definition) is 0. The molecule has 3 aromatic rings. The fraction of sp³-hybridized carbons (Fsp3) is 0.579. The van der Waals surface area contributed by atoms with Crippen LogP contribution < -0.4 is 0 Å². The largest absolute Gasteiger partial charge is 0.465 e. The molecule has 2 aliphatic carbocycles. The van der Waals surface area contributed by atoms with Crippen LogP contribution in [0.15, 0.2) is 36.4 Å². The van der Waals surface area contributed by atoms with Crippen LogP contribution in [-0.2, 0) is 27.2 Å². The van der Waals surface area contributed by atoms with E-state index in [1.165, 1.54) is 72.5 Å². The molecular formula is C38H47N3O4. The first-order valence-electron chi connectivity index (χ1n) is 17.5. The number of ether oxygens (including phenoxy) is 2. The molecule has 3 aliphatic heterocycles. The van der Waals surface area contributed by atoms with E-state index in [-0.39, 0.29) is 11.9 Å². The second-order valence-corrected chi connectivity index (χ2v) is 14.3. The highest BCUT2D eigenvalue weighted by Gasteiger charge is 2.64. The molecule has 2 saturated carbocycles. The number of methoxy groups -OCH3 is 1. The van der Waals surface area contributed by atoms with Gasteiger partial charge in [-0.15, -0.1) is 0 Å². The number of esters is 1. The van der Waals surface area contributed by atoms with Crippen molar-refractivity contribution in [1.29, 1.82) is 0 Å². The molecule has 0 bridgehead atoms. The highest BCUT2D eigenvalue weighted by atomic mass is 16.5. The van der Waals surface area contributed by atoms with Crippen molar-refractivity contribution >= 4 is 22.8 Å². The van der Waals surface area contributed by atoms with Crippen molar-refractivity contribution in [3.63, 3.8) is 0 Å². The monoisotopic (exact) mass is 609 g/mol. The number of likely N-dealkylation sites (tertiary alicyclic amines) is 1. The van der Waals surface area contributed by atoms with E-state index in [4.69, 9.17) is 9.47 Å². The van der Waals surface area contributed by atoms with Crippen molar-refractivity contribution in [3.05, 3.63) is 58.7 Å². The van der Waals surface area contributed by atoms with E-state index < -0.39 is 5.41 Å². The number of fused-ring (bicyclic) bond motifs is 7. The van der Waals surface area contributed by atoms with Crippen molar-refractivity contribution in [2.75, 3.05) is 46.5 Å². The van der Waals surface area contributed by atoms with Gasteiger partial charge in [-0.2, -0.15) is 0 Å². The molecular weight excluding hydrogens is 562 g/mol. The van der Waals surface area contributed by atoms with Crippen molar-refractivity contribution in [1.82, 2.24) is 14.4 Å². The Morgan fingerprint density at radius 3 is 2.47 bits per heavy atom. The maximum atomic E-state index is 14.8. The Bertz CT molecular complexity index is 1620. The molecule has 1 amide bonds. The van der Waals surface area contributed by atoms with E-state index in [0.29, 0.717) is 30.0 Å². The zero-order valence-corrected chi connectivity index (χ0v) is 27.0. The number of benzene rings is 2. The third-order valence-corrected chi connectivity index (χ3v) is 11.9. The lowest BCUT2D eigenvalue weighted by Gasteiger charge is -2.41. The van der Waals surface area contributed by atoms with E-state index in [1.807, 2.05) is 12.1 Å². The number of hydrogen-bond acceptors (Lipinski definition) is 5. The number of aryl methyl sites for hydroxylation is 1. The van der Waals surface area contributed by atoms with E-state index in [0.717, 1.165) is 70.6 Å². The van der Waals surface area contributed by atoms with Gasteiger partial charge < -0.3 is 18.9 Å². The average Bonchev–Trinajstić information content (AvgIpc) is 3.78. The summed E-state index contributed by atoms with van der Waals surface area (Å²) >= 11 is 0. The fourth-order valence-corrected chi connectivity index (χ4v) is 9.38. The summed E-state index contributed by atoms with van der Waals surface area (Å²) in [7, 11) is 1.45. The van der Waals surface area contributed by atoms with Gasteiger partial charge in [-0.1, -0.05) is 50.5 Å². The third-order valence-electron chi connectivity index (χ3n) is 11.9. The fourth-order valence-electron chi connectivity index (χ4n) is 9.38. The molecule has 8 rings (SSSR count).